The van der Waals surface area contributed by atoms with E-state index in [1.165, 1.54) is 0 Å². The lowest BCUT2D eigenvalue weighted by Gasteiger charge is -2.17. The monoisotopic (exact) mass is 260 g/mol. The summed E-state index contributed by atoms with van der Waals surface area (Å²) in [7, 11) is 2.01. The predicted octanol–water partition coefficient (Wildman–Crippen LogP) is 2.54. The van der Waals surface area contributed by atoms with Gasteiger partial charge < -0.3 is 9.63 Å². The van der Waals surface area contributed by atoms with Gasteiger partial charge in [-0.15, -0.1) is 0 Å². The van der Waals surface area contributed by atoms with Crippen LogP contribution < -0.4 is 0 Å². The van der Waals surface area contributed by atoms with Crippen molar-refractivity contribution in [3.8, 4) is 0 Å². The highest BCUT2D eigenvalue weighted by Gasteiger charge is 2.10. The molecule has 0 aliphatic carbocycles. The molecule has 0 amide bonds. The molecule has 0 radical (unpaired) electrons. The first kappa shape index (κ1) is 13.8. The first-order valence-corrected chi connectivity index (χ1v) is 6.49. The third-order valence-corrected chi connectivity index (χ3v) is 3.07. The van der Waals surface area contributed by atoms with Gasteiger partial charge in [0.1, 0.15) is 0 Å². The van der Waals surface area contributed by atoms with Crippen molar-refractivity contribution in [2.24, 2.45) is 0 Å². The van der Waals surface area contributed by atoms with Crippen molar-refractivity contribution in [2.75, 3.05) is 13.6 Å². The van der Waals surface area contributed by atoms with Crippen LogP contribution in [-0.4, -0.2) is 28.8 Å². The van der Waals surface area contributed by atoms with E-state index in [-0.39, 0.29) is 0 Å². The van der Waals surface area contributed by atoms with Crippen molar-refractivity contribution in [1.29, 1.82) is 0 Å². The second-order valence-electron chi connectivity index (χ2n) is 4.89. The van der Waals surface area contributed by atoms with Crippen molar-refractivity contribution < 1.29 is 9.63 Å². The van der Waals surface area contributed by atoms with Crippen molar-refractivity contribution in [3.63, 3.8) is 0 Å². The molecule has 0 unspecified atom stereocenters. The van der Waals surface area contributed by atoms with E-state index in [9.17, 15) is 5.11 Å². The fourth-order valence-electron chi connectivity index (χ4n) is 2.02. The Balaban J connectivity index is 1.79. The molecule has 4 heteroatoms. The van der Waals surface area contributed by atoms with Crippen LogP contribution in [0.5, 0.6) is 0 Å². The lowest BCUT2D eigenvalue weighted by molar-refractivity contribution is 0.144. The Morgan fingerprint density at radius 3 is 2.68 bits per heavy atom. The van der Waals surface area contributed by atoms with Gasteiger partial charge in [-0.1, -0.05) is 35.5 Å². The van der Waals surface area contributed by atoms with Gasteiger partial charge in [0.25, 0.3) is 0 Å². The predicted molar refractivity (Wildman–Crippen MR) is 73.6 cm³/mol. The van der Waals surface area contributed by atoms with Gasteiger partial charge >= 0.3 is 0 Å². The van der Waals surface area contributed by atoms with Gasteiger partial charge in [0.2, 0.25) is 0 Å². The standard InChI is InChI=1S/C15H20N2O2/c1-12-10-14(19-16-12)11-17(2)9-8-15(18)13-6-4-3-5-7-13/h3-7,10,15,18H,8-9,11H2,1-2H3/t15-/m1/s1. The molecule has 1 atom stereocenters. The summed E-state index contributed by atoms with van der Waals surface area (Å²) >= 11 is 0. The Bertz CT molecular complexity index is 496. The lowest BCUT2D eigenvalue weighted by Crippen LogP contribution is -2.20. The minimum atomic E-state index is -0.417. The number of aliphatic hydroxyl groups excluding tert-OH is 1. The van der Waals surface area contributed by atoms with Crippen LogP contribution in [0.1, 0.15) is 29.5 Å². The number of aromatic nitrogens is 1. The van der Waals surface area contributed by atoms with Crippen LogP contribution in [0, 0.1) is 6.92 Å². The topological polar surface area (TPSA) is 49.5 Å². The zero-order valence-electron chi connectivity index (χ0n) is 11.4. The molecule has 102 valence electrons. The van der Waals surface area contributed by atoms with Crippen molar-refractivity contribution in [3.05, 3.63) is 53.4 Å². The molecule has 0 fully saturated rings. The van der Waals surface area contributed by atoms with Crippen LogP contribution >= 0.6 is 0 Å². The molecule has 0 aliphatic rings. The third-order valence-electron chi connectivity index (χ3n) is 3.07. The molecule has 2 aromatic rings. The van der Waals surface area contributed by atoms with Crippen LogP contribution in [0.4, 0.5) is 0 Å². The zero-order valence-corrected chi connectivity index (χ0v) is 11.4. The molecular weight excluding hydrogens is 240 g/mol. The molecule has 0 saturated heterocycles. The average molecular weight is 260 g/mol. The van der Waals surface area contributed by atoms with E-state index >= 15 is 0 Å². The Labute approximate surface area is 113 Å². The molecule has 0 aliphatic heterocycles. The second-order valence-corrected chi connectivity index (χ2v) is 4.89. The number of benzene rings is 1. The van der Waals surface area contributed by atoms with E-state index in [1.807, 2.05) is 50.4 Å². The summed E-state index contributed by atoms with van der Waals surface area (Å²) in [4.78, 5) is 2.12. The summed E-state index contributed by atoms with van der Waals surface area (Å²) in [6, 6.07) is 11.7. The van der Waals surface area contributed by atoms with Crippen molar-refractivity contribution >= 4 is 0 Å². The number of aryl methyl sites for hydroxylation is 1. The van der Waals surface area contributed by atoms with Crippen molar-refractivity contribution in [1.82, 2.24) is 10.1 Å². The fourth-order valence-corrected chi connectivity index (χ4v) is 2.02. The maximum Gasteiger partial charge on any atom is 0.150 e. The minimum absolute atomic E-state index is 0.417. The number of hydrogen-bond acceptors (Lipinski definition) is 4. The highest BCUT2D eigenvalue weighted by molar-refractivity contribution is 5.17. The smallest absolute Gasteiger partial charge is 0.150 e. The summed E-state index contributed by atoms with van der Waals surface area (Å²) < 4.78 is 5.17. The maximum atomic E-state index is 10.1. The molecule has 0 spiro atoms. The SMILES string of the molecule is Cc1cc(CN(C)CC[C@@H](O)c2ccccc2)on1. The molecule has 1 aromatic heterocycles. The number of rotatable bonds is 6. The lowest BCUT2D eigenvalue weighted by atomic mass is 10.1. The third kappa shape index (κ3) is 4.19. The Kier molecular flexibility index (Phi) is 4.71. The van der Waals surface area contributed by atoms with E-state index in [4.69, 9.17) is 4.52 Å². The molecule has 4 nitrogen and oxygen atoms in total. The largest absolute Gasteiger partial charge is 0.388 e. The molecule has 2 rings (SSSR count). The van der Waals surface area contributed by atoms with E-state index in [0.717, 1.165) is 23.6 Å². The van der Waals surface area contributed by atoms with Crippen LogP contribution in [-0.2, 0) is 6.54 Å². The van der Waals surface area contributed by atoms with Gasteiger partial charge in [0.15, 0.2) is 5.76 Å². The van der Waals surface area contributed by atoms with Gasteiger partial charge in [-0.05, 0) is 26.0 Å². The summed E-state index contributed by atoms with van der Waals surface area (Å²) in [6.07, 6.45) is 0.285. The fraction of sp³-hybridized carbons (Fsp3) is 0.400. The average Bonchev–Trinajstić information content (AvgIpc) is 2.82. The van der Waals surface area contributed by atoms with E-state index in [2.05, 4.69) is 10.1 Å². The van der Waals surface area contributed by atoms with Crippen LogP contribution in [0.15, 0.2) is 40.9 Å². The molecule has 1 N–H and O–H groups in total. The van der Waals surface area contributed by atoms with Crippen molar-refractivity contribution in [2.45, 2.75) is 26.0 Å². The number of hydrogen-bond donors (Lipinski definition) is 1. The Hall–Kier alpha value is -1.65. The van der Waals surface area contributed by atoms with Crippen LogP contribution in [0.3, 0.4) is 0 Å². The molecular formula is C15H20N2O2. The normalized spacial score (nSPS) is 12.8. The molecule has 1 heterocycles. The van der Waals surface area contributed by atoms with E-state index in [0.29, 0.717) is 13.0 Å². The van der Waals surface area contributed by atoms with Gasteiger partial charge in [-0.3, -0.25) is 4.90 Å². The molecule has 1 aromatic carbocycles. The molecule has 0 bridgehead atoms. The quantitative estimate of drug-likeness (QED) is 0.867. The molecule has 0 saturated carbocycles. The Morgan fingerprint density at radius 2 is 2.05 bits per heavy atom. The van der Waals surface area contributed by atoms with E-state index < -0.39 is 6.10 Å². The first-order valence-electron chi connectivity index (χ1n) is 6.49. The maximum absolute atomic E-state index is 10.1. The van der Waals surface area contributed by atoms with Crippen LogP contribution in [0.2, 0.25) is 0 Å². The van der Waals surface area contributed by atoms with Crippen LogP contribution in [0.25, 0.3) is 0 Å². The zero-order chi connectivity index (χ0) is 13.7. The van der Waals surface area contributed by atoms with Gasteiger partial charge in [-0.2, -0.15) is 0 Å². The summed E-state index contributed by atoms with van der Waals surface area (Å²) in [5, 5.41) is 13.9. The van der Waals surface area contributed by atoms with Gasteiger partial charge in [0, 0.05) is 12.6 Å². The van der Waals surface area contributed by atoms with Gasteiger partial charge in [-0.25, -0.2) is 0 Å². The summed E-state index contributed by atoms with van der Waals surface area (Å²) in [5.74, 6) is 0.856. The molecule has 19 heavy (non-hydrogen) atoms. The first-order chi connectivity index (χ1) is 9.15. The summed E-state index contributed by atoms with van der Waals surface area (Å²) in [6.45, 7) is 3.42. The Morgan fingerprint density at radius 1 is 1.32 bits per heavy atom. The highest BCUT2D eigenvalue weighted by atomic mass is 16.5. The number of nitrogens with zero attached hydrogens (tertiary/aromatic N) is 2. The highest BCUT2D eigenvalue weighted by Crippen LogP contribution is 2.16. The summed E-state index contributed by atoms with van der Waals surface area (Å²) in [5.41, 5.74) is 1.86. The second kappa shape index (κ2) is 6.50. The minimum Gasteiger partial charge on any atom is -0.388 e. The number of aliphatic hydroxyl groups is 1. The van der Waals surface area contributed by atoms with Gasteiger partial charge in [0.05, 0.1) is 18.3 Å². The van der Waals surface area contributed by atoms with E-state index in [1.54, 1.807) is 0 Å².